The zero-order valence-electron chi connectivity index (χ0n) is 16.7. The molecule has 0 aromatic heterocycles. The van der Waals surface area contributed by atoms with E-state index in [-0.39, 0.29) is 12.2 Å². The number of hydrogen-bond acceptors (Lipinski definition) is 6. The maximum atomic E-state index is 10.0. The van der Waals surface area contributed by atoms with Crippen LogP contribution in [-0.2, 0) is 0 Å². The van der Waals surface area contributed by atoms with Crippen LogP contribution in [0, 0.1) is 0 Å². The van der Waals surface area contributed by atoms with E-state index >= 15 is 0 Å². The number of rotatable bonds is 16. The Hall–Kier alpha value is -0.240. The lowest BCUT2D eigenvalue weighted by molar-refractivity contribution is 0.0664. The van der Waals surface area contributed by atoms with E-state index in [4.69, 9.17) is 0 Å². The summed E-state index contributed by atoms with van der Waals surface area (Å²) in [6.07, 6.45) is 1.16. The summed E-state index contributed by atoms with van der Waals surface area (Å²) in [5, 5.41) is 22.9. The topological polar surface area (TPSA) is 62.2 Å². The van der Waals surface area contributed by atoms with Crippen molar-refractivity contribution in [2.45, 2.75) is 45.8 Å². The minimum absolute atomic E-state index is 0.295. The van der Waals surface area contributed by atoms with Crippen molar-refractivity contribution >= 4 is 0 Å². The second-order valence-corrected chi connectivity index (χ2v) is 6.89. The Labute approximate surface area is 149 Å². The van der Waals surface area contributed by atoms with Crippen LogP contribution in [0.3, 0.4) is 0 Å². The van der Waals surface area contributed by atoms with Crippen molar-refractivity contribution in [1.29, 1.82) is 0 Å². The van der Waals surface area contributed by atoms with Crippen LogP contribution in [0.5, 0.6) is 0 Å². The molecule has 0 radical (unpaired) electrons. The van der Waals surface area contributed by atoms with Crippen molar-refractivity contribution in [2.75, 3.05) is 73.0 Å². The lowest BCUT2D eigenvalue weighted by Gasteiger charge is -2.29. The fourth-order valence-electron chi connectivity index (χ4n) is 2.79. The van der Waals surface area contributed by atoms with E-state index in [1.54, 1.807) is 0 Å². The van der Waals surface area contributed by atoms with Gasteiger partial charge >= 0.3 is 0 Å². The molecule has 0 aromatic rings. The molecule has 0 fully saturated rings. The first-order valence-electron chi connectivity index (χ1n) is 9.56. The second-order valence-electron chi connectivity index (χ2n) is 6.89. The highest BCUT2D eigenvalue weighted by atomic mass is 16.3. The molecule has 0 aliphatic heterocycles. The molecule has 0 amide bonds. The Morgan fingerprint density at radius 1 is 0.917 bits per heavy atom. The largest absolute Gasteiger partial charge is 0.392 e. The first kappa shape index (κ1) is 23.8. The third-order valence-corrected chi connectivity index (χ3v) is 4.33. The molecule has 2 atom stereocenters. The van der Waals surface area contributed by atoms with Gasteiger partial charge in [0.25, 0.3) is 0 Å². The van der Waals surface area contributed by atoms with Crippen LogP contribution in [0.2, 0.25) is 0 Å². The number of likely N-dealkylation sites (N-methyl/N-ethyl adjacent to an activating group) is 3. The fraction of sp³-hybridized carbons (Fsp3) is 1.00. The SMILES string of the molecule is CCCC(O)CN(CCN(C)CCN(CC)CCNC)CC(C)O. The van der Waals surface area contributed by atoms with Crippen molar-refractivity contribution in [1.82, 2.24) is 20.0 Å². The monoisotopic (exact) mass is 346 g/mol. The van der Waals surface area contributed by atoms with Crippen LogP contribution in [-0.4, -0.2) is 110 Å². The van der Waals surface area contributed by atoms with Crippen LogP contribution in [0.25, 0.3) is 0 Å². The van der Waals surface area contributed by atoms with Gasteiger partial charge in [-0.05, 0) is 34.0 Å². The average Bonchev–Trinajstić information content (AvgIpc) is 2.52. The Balaban J connectivity index is 4.16. The summed E-state index contributed by atoms with van der Waals surface area (Å²) in [5.74, 6) is 0. The van der Waals surface area contributed by atoms with Crippen molar-refractivity contribution < 1.29 is 10.2 Å². The molecule has 0 saturated carbocycles. The highest BCUT2D eigenvalue weighted by molar-refractivity contribution is 4.69. The van der Waals surface area contributed by atoms with Gasteiger partial charge in [-0.1, -0.05) is 20.3 Å². The summed E-state index contributed by atoms with van der Waals surface area (Å²) >= 11 is 0. The summed E-state index contributed by atoms with van der Waals surface area (Å²) in [4.78, 5) is 6.97. The molecule has 0 saturated heterocycles. The molecule has 0 aliphatic rings. The molecule has 6 nitrogen and oxygen atoms in total. The van der Waals surface area contributed by atoms with E-state index in [9.17, 15) is 10.2 Å². The number of hydrogen-bond donors (Lipinski definition) is 3. The van der Waals surface area contributed by atoms with Crippen molar-refractivity contribution in [3.05, 3.63) is 0 Å². The minimum Gasteiger partial charge on any atom is -0.392 e. The Morgan fingerprint density at radius 2 is 1.54 bits per heavy atom. The maximum Gasteiger partial charge on any atom is 0.0667 e. The third kappa shape index (κ3) is 13.1. The molecule has 0 heterocycles. The quantitative estimate of drug-likeness (QED) is 0.374. The fourth-order valence-corrected chi connectivity index (χ4v) is 2.79. The highest BCUT2D eigenvalue weighted by Crippen LogP contribution is 2.02. The smallest absolute Gasteiger partial charge is 0.0667 e. The van der Waals surface area contributed by atoms with Crippen LogP contribution in [0.4, 0.5) is 0 Å². The Bertz CT molecular complexity index is 280. The average molecular weight is 347 g/mol. The van der Waals surface area contributed by atoms with E-state index in [2.05, 4.69) is 40.9 Å². The molecular weight excluding hydrogens is 304 g/mol. The second kappa shape index (κ2) is 15.0. The number of aliphatic hydroxyl groups excluding tert-OH is 2. The zero-order valence-corrected chi connectivity index (χ0v) is 16.7. The van der Waals surface area contributed by atoms with Gasteiger partial charge in [0, 0.05) is 52.4 Å². The van der Waals surface area contributed by atoms with Crippen molar-refractivity contribution in [2.24, 2.45) is 0 Å². The highest BCUT2D eigenvalue weighted by Gasteiger charge is 2.14. The molecule has 0 rings (SSSR count). The van der Waals surface area contributed by atoms with E-state index in [0.29, 0.717) is 13.1 Å². The van der Waals surface area contributed by atoms with Gasteiger partial charge in [-0.3, -0.25) is 4.90 Å². The predicted molar refractivity (Wildman–Crippen MR) is 103 cm³/mol. The van der Waals surface area contributed by atoms with Gasteiger partial charge in [0.2, 0.25) is 0 Å². The Kier molecular flexibility index (Phi) is 14.9. The van der Waals surface area contributed by atoms with Crippen LogP contribution in [0.1, 0.15) is 33.6 Å². The number of aliphatic hydroxyl groups is 2. The van der Waals surface area contributed by atoms with E-state index in [1.807, 2.05) is 14.0 Å². The van der Waals surface area contributed by atoms with E-state index in [1.165, 1.54) is 0 Å². The molecule has 3 N–H and O–H groups in total. The summed E-state index contributed by atoms with van der Waals surface area (Å²) in [7, 11) is 4.14. The van der Waals surface area contributed by atoms with E-state index in [0.717, 1.165) is 58.7 Å². The molecule has 0 spiro atoms. The van der Waals surface area contributed by atoms with Crippen molar-refractivity contribution in [3.8, 4) is 0 Å². The lowest BCUT2D eigenvalue weighted by atomic mass is 10.2. The van der Waals surface area contributed by atoms with Crippen LogP contribution in [0.15, 0.2) is 0 Å². The first-order chi connectivity index (χ1) is 11.4. The van der Waals surface area contributed by atoms with Gasteiger partial charge < -0.3 is 25.3 Å². The molecule has 146 valence electrons. The summed E-state index contributed by atoms with van der Waals surface area (Å²) in [6.45, 7) is 14.5. The summed E-state index contributed by atoms with van der Waals surface area (Å²) in [6, 6.07) is 0. The normalized spacial score (nSPS) is 14.8. The predicted octanol–water partition coefficient (Wildman–Crippen LogP) is 0.303. The number of nitrogens with one attached hydrogen (secondary N) is 1. The molecule has 24 heavy (non-hydrogen) atoms. The van der Waals surface area contributed by atoms with Gasteiger partial charge in [0.1, 0.15) is 0 Å². The van der Waals surface area contributed by atoms with Gasteiger partial charge in [-0.2, -0.15) is 0 Å². The molecule has 6 heteroatoms. The summed E-state index contributed by atoms with van der Waals surface area (Å²) < 4.78 is 0. The summed E-state index contributed by atoms with van der Waals surface area (Å²) in [5.41, 5.74) is 0. The molecule has 0 aliphatic carbocycles. The standard InChI is InChI=1S/C18H42N4O2/c1-6-8-18(24)16-22(15-17(3)23)14-12-20(5)11-13-21(7-2)10-9-19-4/h17-19,23-24H,6-16H2,1-5H3. The van der Waals surface area contributed by atoms with Gasteiger partial charge in [0.05, 0.1) is 12.2 Å². The first-order valence-corrected chi connectivity index (χ1v) is 9.56. The molecule has 2 unspecified atom stereocenters. The van der Waals surface area contributed by atoms with Gasteiger partial charge in [0.15, 0.2) is 0 Å². The zero-order chi connectivity index (χ0) is 18.4. The van der Waals surface area contributed by atoms with Crippen LogP contribution < -0.4 is 5.32 Å². The van der Waals surface area contributed by atoms with Crippen LogP contribution >= 0.6 is 0 Å². The Morgan fingerprint density at radius 3 is 2.04 bits per heavy atom. The lowest BCUT2D eigenvalue weighted by Crippen LogP contribution is -2.43. The van der Waals surface area contributed by atoms with Gasteiger partial charge in [-0.25, -0.2) is 0 Å². The molecule has 0 bridgehead atoms. The molecular formula is C18H42N4O2. The maximum absolute atomic E-state index is 10.0. The minimum atomic E-state index is -0.360. The third-order valence-electron chi connectivity index (χ3n) is 4.33. The van der Waals surface area contributed by atoms with Gasteiger partial charge in [-0.15, -0.1) is 0 Å². The molecule has 0 aromatic carbocycles. The number of nitrogens with zero attached hydrogens (tertiary/aromatic N) is 3. The van der Waals surface area contributed by atoms with Crippen molar-refractivity contribution in [3.63, 3.8) is 0 Å². The van der Waals surface area contributed by atoms with E-state index < -0.39 is 0 Å².